The lowest BCUT2D eigenvalue weighted by molar-refractivity contribution is 0.159. The minimum absolute atomic E-state index is 0.198. The summed E-state index contributed by atoms with van der Waals surface area (Å²) in [5.74, 6) is 0. The molecule has 0 atom stereocenters. The highest BCUT2D eigenvalue weighted by Crippen LogP contribution is 2.41. The van der Waals surface area contributed by atoms with Crippen molar-refractivity contribution in [1.82, 2.24) is 0 Å². The third-order valence-electron chi connectivity index (χ3n) is 3.09. The minimum atomic E-state index is 0.198. The predicted molar refractivity (Wildman–Crippen MR) is 51.6 cm³/mol. The van der Waals surface area contributed by atoms with Gasteiger partial charge in [0.1, 0.15) is 0 Å². The molecule has 0 saturated carbocycles. The zero-order chi connectivity index (χ0) is 9.12. The molecule has 0 unspecified atom stereocenters. The molecule has 0 N–H and O–H groups in total. The molecule has 0 aliphatic rings. The third-order valence-corrected chi connectivity index (χ3v) is 3.09. The van der Waals surface area contributed by atoms with E-state index in [1.807, 2.05) is 0 Å². The van der Waals surface area contributed by atoms with Crippen molar-refractivity contribution in [3.63, 3.8) is 0 Å². The number of hydrogen-bond acceptors (Lipinski definition) is 0. The van der Waals surface area contributed by atoms with Crippen molar-refractivity contribution in [2.24, 2.45) is 10.8 Å². The second kappa shape index (κ2) is 3.28. The van der Waals surface area contributed by atoms with E-state index in [0.29, 0.717) is 5.41 Å². The molecule has 11 heavy (non-hydrogen) atoms. The maximum absolute atomic E-state index is 3.61. The van der Waals surface area contributed by atoms with Crippen molar-refractivity contribution in [1.29, 1.82) is 0 Å². The standard InChI is InChI=1S/C11H20/c1-7-9-11(5,6)10(3,4)8-2/h9H,1,8H2,2-6H3. The summed E-state index contributed by atoms with van der Waals surface area (Å²) in [5, 5.41) is 0. The molecule has 0 fully saturated rings. The first-order chi connectivity index (χ1) is 4.87. The van der Waals surface area contributed by atoms with Gasteiger partial charge in [-0.1, -0.05) is 47.6 Å². The fraction of sp³-hybridized carbons (Fsp3) is 0.727. The van der Waals surface area contributed by atoms with Crippen LogP contribution in [0.25, 0.3) is 0 Å². The highest BCUT2D eigenvalue weighted by atomic mass is 14.4. The Kier molecular flexibility index (Phi) is 3.13. The molecule has 64 valence electrons. The van der Waals surface area contributed by atoms with Gasteiger partial charge in [0.05, 0.1) is 0 Å². The van der Waals surface area contributed by atoms with Crippen molar-refractivity contribution in [2.45, 2.75) is 41.0 Å². The van der Waals surface area contributed by atoms with Gasteiger partial charge in [0, 0.05) is 0 Å². The van der Waals surface area contributed by atoms with Gasteiger partial charge in [0.2, 0.25) is 0 Å². The second-order valence-electron chi connectivity index (χ2n) is 4.31. The second-order valence-corrected chi connectivity index (χ2v) is 4.31. The van der Waals surface area contributed by atoms with Gasteiger partial charge >= 0.3 is 0 Å². The van der Waals surface area contributed by atoms with Crippen LogP contribution in [0.5, 0.6) is 0 Å². The molecule has 0 heteroatoms. The van der Waals surface area contributed by atoms with E-state index < -0.39 is 0 Å². The lowest BCUT2D eigenvalue weighted by Gasteiger charge is -2.38. The molecule has 0 spiro atoms. The van der Waals surface area contributed by atoms with Crippen LogP contribution in [0.3, 0.4) is 0 Å². The van der Waals surface area contributed by atoms with Gasteiger partial charge in [-0.2, -0.15) is 0 Å². The van der Waals surface area contributed by atoms with Crippen LogP contribution < -0.4 is 0 Å². The Labute approximate surface area is 71.0 Å². The first-order valence-corrected chi connectivity index (χ1v) is 4.24. The van der Waals surface area contributed by atoms with E-state index in [2.05, 4.69) is 53.0 Å². The van der Waals surface area contributed by atoms with E-state index in [1.165, 1.54) is 6.42 Å². The molecular weight excluding hydrogens is 132 g/mol. The van der Waals surface area contributed by atoms with E-state index in [4.69, 9.17) is 0 Å². The van der Waals surface area contributed by atoms with Crippen molar-refractivity contribution in [3.05, 3.63) is 18.4 Å². The molecule has 0 aromatic heterocycles. The van der Waals surface area contributed by atoms with E-state index in [9.17, 15) is 0 Å². The minimum Gasteiger partial charge on any atom is -0.132 e. The Morgan fingerprint density at radius 3 is 2.00 bits per heavy atom. The lowest BCUT2D eigenvalue weighted by Crippen LogP contribution is -2.29. The van der Waals surface area contributed by atoms with Crippen LogP contribution >= 0.6 is 0 Å². The molecule has 0 bridgehead atoms. The van der Waals surface area contributed by atoms with Crippen molar-refractivity contribution in [3.8, 4) is 0 Å². The van der Waals surface area contributed by atoms with Gasteiger partial charge in [0.15, 0.2) is 0 Å². The Morgan fingerprint density at radius 1 is 1.27 bits per heavy atom. The molecule has 0 aliphatic heterocycles. The average Bonchev–Trinajstić information content (AvgIpc) is 1.87. The topological polar surface area (TPSA) is 0 Å². The molecule has 0 rings (SSSR count). The van der Waals surface area contributed by atoms with Gasteiger partial charge in [-0.15, -0.1) is 5.73 Å². The maximum Gasteiger partial charge on any atom is -0.00482 e. The van der Waals surface area contributed by atoms with E-state index in [1.54, 1.807) is 0 Å². The Morgan fingerprint density at radius 2 is 1.73 bits per heavy atom. The summed E-state index contributed by atoms with van der Waals surface area (Å²) in [6.45, 7) is 14.9. The highest BCUT2D eigenvalue weighted by molar-refractivity contribution is 4.99. The average molecular weight is 152 g/mol. The SMILES string of the molecule is C=C=CC(C)(C)C(C)(C)CC. The molecular formula is C11H20. The van der Waals surface area contributed by atoms with Crippen LogP contribution in [0.2, 0.25) is 0 Å². The summed E-state index contributed by atoms with van der Waals surface area (Å²) in [7, 11) is 0. The number of allylic oxidation sites excluding steroid dienone is 1. The normalized spacial score (nSPS) is 12.5. The van der Waals surface area contributed by atoms with Crippen LogP contribution in [-0.4, -0.2) is 0 Å². The van der Waals surface area contributed by atoms with Crippen LogP contribution in [0, 0.1) is 10.8 Å². The summed E-state index contributed by atoms with van der Waals surface area (Å²) >= 11 is 0. The molecule has 0 amide bonds. The zero-order valence-corrected chi connectivity index (χ0v) is 8.49. The summed E-state index contributed by atoms with van der Waals surface area (Å²) in [5.41, 5.74) is 3.40. The van der Waals surface area contributed by atoms with Gasteiger partial charge in [-0.05, 0) is 16.9 Å². The summed E-state index contributed by atoms with van der Waals surface area (Å²) in [6.07, 6.45) is 3.24. The van der Waals surface area contributed by atoms with E-state index in [0.717, 1.165) is 0 Å². The van der Waals surface area contributed by atoms with E-state index >= 15 is 0 Å². The zero-order valence-electron chi connectivity index (χ0n) is 8.49. The largest absolute Gasteiger partial charge is 0.132 e. The number of rotatable bonds is 3. The molecule has 0 aliphatic carbocycles. The third kappa shape index (κ3) is 2.24. The lowest BCUT2D eigenvalue weighted by atomic mass is 9.66. The monoisotopic (exact) mass is 152 g/mol. The molecule has 0 heterocycles. The first kappa shape index (κ1) is 10.5. The van der Waals surface area contributed by atoms with Crippen LogP contribution in [0.4, 0.5) is 0 Å². The quantitative estimate of drug-likeness (QED) is 0.540. The summed E-state index contributed by atoms with van der Waals surface area (Å²) in [6, 6.07) is 0. The first-order valence-electron chi connectivity index (χ1n) is 4.24. The van der Waals surface area contributed by atoms with Crippen LogP contribution in [-0.2, 0) is 0 Å². The molecule has 0 saturated heterocycles. The fourth-order valence-corrected chi connectivity index (χ4v) is 0.906. The molecule has 0 aromatic rings. The smallest absolute Gasteiger partial charge is 0.00482 e. The molecule has 0 aromatic carbocycles. The number of hydrogen-bond donors (Lipinski definition) is 0. The van der Waals surface area contributed by atoms with Crippen LogP contribution in [0.1, 0.15) is 41.0 Å². The van der Waals surface area contributed by atoms with Gasteiger partial charge in [-0.3, -0.25) is 0 Å². The summed E-state index contributed by atoms with van der Waals surface area (Å²) < 4.78 is 0. The van der Waals surface area contributed by atoms with Crippen LogP contribution in [0.15, 0.2) is 18.4 Å². The molecule has 0 nitrogen and oxygen atoms in total. The molecule has 0 radical (unpaired) electrons. The highest BCUT2D eigenvalue weighted by Gasteiger charge is 2.32. The van der Waals surface area contributed by atoms with Crippen molar-refractivity contribution < 1.29 is 0 Å². The van der Waals surface area contributed by atoms with Crippen molar-refractivity contribution in [2.75, 3.05) is 0 Å². The van der Waals surface area contributed by atoms with Crippen molar-refractivity contribution >= 4 is 0 Å². The summed E-state index contributed by atoms with van der Waals surface area (Å²) in [4.78, 5) is 0. The Hall–Kier alpha value is -0.480. The van der Waals surface area contributed by atoms with E-state index in [-0.39, 0.29) is 5.41 Å². The Bertz CT molecular complexity index is 166. The van der Waals surface area contributed by atoms with Gasteiger partial charge < -0.3 is 0 Å². The predicted octanol–water partition coefficient (Wildman–Crippen LogP) is 3.79. The maximum atomic E-state index is 3.61. The van der Waals surface area contributed by atoms with Gasteiger partial charge in [0.25, 0.3) is 0 Å². The fourth-order valence-electron chi connectivity index (χ4n) is 0.906. The Balaban J connectivity index is 4.65. The van der Waals surface area contributed by atoms with Gasteiger partial charge in [-0.25, -0.2) is 0 Å².